The van der Waals surface area contributed by atoms with Gasteiger partial charge in [0.2, 0.25) is 0 Å². The predicted octanol–water partition coefficient (Wildman–Crippen LogP) is 8.60. The van der Waals surface area contributed by atoms with Crippen molar-refractivity contribution in [3.05, 3.63) is 0 Å². The molecule has 0 amide bonds. The van der Waals surface area contributed by atoms with E-state index in [-0.39, 0.29) is 0 Å². The van der Waals surface area contributed by atoms with E-state index in [0.717, 1.165) is 0 Å². The highest BCUT2D eigenvalue weighted by atomic mass is 28.3. The third-order valence-electron chi connectivity index (χ3n) is 5.64. The van der Waals surface area contributed by atoms with Gasteiger partial charge in [-0.25, -0.2) is 0 Å². The van der Waals surface area contributed by atoms with Crippen molar-refractivity contribution in [2.24, 2.45) is 0 Å². The first-order valence-electron chi connectivity index (χ1n) is 12.0. The molecule has 0 rings (SSSR count). The normalized spacial score (nSPS) is 12.7. The van der Waals surface area contributed by atoms with Crippen LogP contribution in [0.1, 0.15) is 96.8 Å². The van der Waals surface area contributed by atoms with Gasteiger partial charge in [-0.3, -0.25) is 0 Å². The maximum Gasteiger partial charge on any atom is 0.116 e. The van der Waals surface area contributed by atoms with Crippen molar-refractivity contribution in [2.45, 2.75) is 142 Å². The van der Waals surface area contributed by atoms with E-state index >= 15 is 0 Å². The van der Waals surface area contributed by atoms with E-state index in [9.17, 15) is 0 Å². The molecule has 0 radical (unpaired) electrons. The maximum absolute atomic E-state index is 3.73. The molecule has 0 aromatic carbocycles. The lowest BCUT2D eigenvalue weighted by atomic mass is 10.1. The fourth-order valence-electron chi connectivity index (χ4n) is 3.76. The number of rotatable bonds is 19. The summed E-state index contributed by atoms with van der Waals surface area (Å²) in [4.78, 5) is 3.73. The van der Waals surface area contributed by atoms with E-state index in [1.165, 1.54) is 96.4 Å². The molecular formula is C23H53NSi2. The molecule has 1 nitrogen and oxygen atoms in total. The predicted molar refractivity (Wildman–Crippen MR) is 129 cm³/mol. The minimum absolute atomic E-state index is 0.887. The monoisotopic (exact) mass is 399 g/mol. The second-order valence-corrected chi connectivity index (χ2v) is 20.6. The van der Waals surface area contributed by atoms with E-state index < -0.39 is 16.3 Å². The first-order valence-corrected chi connectivity index (χ1v) is 18.9. The molecule has 0 fully saturated rings. The molecule has 0 atom stereocenters. The smallest absolute Gasteiger partial charge is 0.116 e. The lowest BCUT2D eigenvalue weighted by molar-refractivity contribution is 0.583. The van der Waals surface area contributed by atoms with Gasteiger partial charge >= 0.3 is 0 Å². The van der Waals surface area contributed by atoms with Crippen LogP contribution in [0.2, 0.25) is 44.8 Å². The molecule has 3 heteroatoms. The van der Waals surface area contributed by atoms with Gasteiger partial charge < -0.3 is 4.98 Å². The zero-order valence-electron chi connectivity index (χ0n) is 19.5. The minimum atomic E-state index is -1.03. The van der Waals surface area contributed by atoms with Gasteiger partial charge in [0.05, 0.1) is 0 Å². The highest BCUT2D eigenvalue weighted by molar-refractivity contribution is 6.77. The molecule has 1 N–H and O–H groups in total. The average molecular weight is 400 g/mol. The molecule has 0 saturated carbocycles. The summed E-state index contributed by atoms with van der Waals surface area (Å²) in [6, 6.07) is 3.15. The zero-order valence-corrected chi connectivity index (χ0v) is 21.5. The average Bonchev–Trinajstić information content (AvgIpc) is 2.54. The lowest BCUT2D eigenvalue weighted by Crippen LogP contribution is -2.41. The quantitative estimate of drug-likeness (QED) is 0.169. The third-order valence-corrected chi connectivity index (χ3v) is 10.4. The van der Waals surface area contributed by atoms with Gasteiger partial charge in [0, 0.05) is 8.07 Å². The highest BCUT2D eigenvalue weighted by Gasteiger charge is 2.19. The lowest BCUT2D eigenvalue weighted by Gasteiger charge is -2.22. The van der Waals surface area contributed by atoms with Crippen LogP contribution in [-0.4, -0.2) is 22.9 Å². The number of unbranched alkanes of at least 4 members (excludes halogenated alkanes) is 12. The molecule has 0 spiro atoms. The van der Waals surface area contributed by atoms with Crippen LogP contribution in [-0.2, 0) is 0 Å². The standard InChI is InChI=1S/C23H53NSi2/c1-7-8-9-10-13-16-19-22-26(5,6)23-20-17-14-11-12-15-18-21-24-25(2,3)4/h24H,7-23H2,1-6H3. The Morgan fingerprint density at radius 2 is 0.885 bits per heavy atom. The summed E-state index contributed by atoms with van der Waals surface area (Å²) >= 11 is 0. The Hall–Kier alpha value is 0.394. The topological polar surface area (TPSA) is 12.0 Å². The second kappa shape index (κ2) is 16.4. The molecule has 0 aliphatic carbocycles. The van der Waals surface area contributed by atoms with Gasteiger partial charge in [-0.15, -0.1) is 0 Å². The molecule has 0 bridgehead atoms. The van der Waals surface area contributed by atoms with Crippen molar-refractivity contribution in [1.82, 2.24) is 4.98 Å². The molecule has 0 aromatic heterocycles. The first-order chi connectivity index (χ1) is 12.3. The third kappa shape index (κ3) is 20.7. The van der Waals surface area contributed by atoms with Gasteiger partial charge in [0.25, 0.3) is 0 Å². The van der Waals surface area contributed by atoms with Crippen molar-refractivity contribution in [3.8, 4) is 0 Å². The summed E-state index contributed by atoms with van der Waals surface area (Å²) in [5, 5.41) is 0. The summed E-state index contributed by atoms with van der Waals surface area (Å²) in [7, 11) is -1.91. The van der Waals surface area contributed by atoms with Gasteiger partial charge in [0.15, 0.2) is 0 Å². The van der Waals surface area contributed by atoms with E-state index in [1.807, 2.05) is 0 Å². The van der Waals surface area contributed by atoms with Crippen LogP contribution in [0.5, 0.6) is 0 Å². The minimum Gasteiger partial charge on any atom is -0.337 e. The molecule has 0 aliphatic heterocycles. The van der Waals surface area contributed by atoms with Crippen LogP contribution in [0.3, 0.4) is 0 Å². The number of hydrogen-bond donors (Lipinski definition) is 1. The Labute approximate surface area is 169 Å². The van der Waals surface area contributed by atoms with Crippen LogP contribution in [0.4, 0.5) is 0 Å². The Morgan fingerprint density at radius 1 is 0.500 bits per heavy atom. The van der Waals surface area contributed by atoms with E-state index in [0.29, 0.717) is 0 Å². The number of hydrogen-bond acceptors (Lipinski definition) is 1. The van der Waals surface area contributed by atoms with Gasteiger partial charge in [-0.05, 0) is 13.0 Å². The molecule has 26 heavy (non-hydrogen) atoms. The van der Waals surface area contributed by atoms with E-state index in [2.05, 4.69) is 44.6 Å². The molecule has 158 valence electrons. The molecule has 0 unspecified atom stereocenters. The largest absolute Gasteiger partial charge is 0.337 e. The molecule has 0 heterocycles. The van der Waals surface area contributed by atoms with Crippen LogP contribution in [0.15, 0.2) is 0 Å². The van der Waals surface area contributed by atoms with Crippen molar-refractivity contribution >= 4 is 16.3 Å². The van der Waals surface area contributed by atoms with Crippen molar-refractivity contribution in [3.63, 3.8) is 0 Å². The fraction of sp³-hybridized carbons (Fsp3) is 1.00. The molecule has 0 aromatic rings. The first kappa shape index (κ1) is 26.4. The maximum atomic E-state index is 3.73. The summed E-state index contributed by atoms with van der Waals surface area (Å²) in [6.45, 7) is 16.0. The summed E-state index contributed by atoms with van der Waals surface area (Å²) < 4.78 is 0. The molecule has 0 aliphatic rings. The van der Waals surface area contributed by atoms with Gasteiger partial charge in [-0.2, -0.15) is 0 Å². The van der Waals surface area contributed by atoms with Crippen molar-refractivity contribution in [2.75, 3.05) is 6.54 Å². The molecule has 0 saturated heterocycles. The SMILES string of the molecule is CCCCCCCCC[Si](C)(C)CCCCCCCCCN[Si](C)(C)C. The van der Waals surface area contributed by atoms with E-state index in [1.54, 1.807) is 12.1 Å². The Balaban J connectivity index is 3.37. The second-order valence-electron chi connectivity index (χ2n) is 10.4. The van der Waals surface area contributed by atoms with Crippen LogP contribution >= 0.6 is 0 Å². The van der Waals surface area contributed by atoms with Crippen LogP contribution in [0.25, 0.3) is 0 Å². The summed E-state index contributed by atoms with van der Waals surface area (Å²) in [6.07, 6.45) is 20.4. The van der Waals surface area contributed by atoms with Crippen molar-refractivity contribution < 1.29 is 0 Å². The zero-order chi connectivity index (χ0) is 19.7. The van der Waals surface area contributed by atoms with E-state index in [4.69, 9.17) is 0 Å². The Morgan fingerprint density at radius 3 is 1.31 bits per heavy atom. The Kier molecular flexibility index (Phi) is 16.6. The summed E-state index contributed by atoms with van der Waals surface area (Å²) in [5.41, 5.74) is 0. The highest BCUT2D eigenvalue weighted by Crippen LogP contribution is 2.23. The number of nitrogens with one attached hydrogen (secondary N) is 1. The van der Waals surface area contributed by atoms with Gasteiger partial charge in [0.1, 0.15) is 8.24 Å². The fourth-order valence-corrected chi connectivity index (χ4v) is 7.35. The van der Waals surface area contributed by atoms with Crippen LogP contribution < -0.4 is 4.98 Å². The molecular weight excluding hydrogens is 346 g/mol. The van der Waals surface area contributed by atoms with Gasteiger partial charge in [-0.1, -0.05) is 135 Å². The van der Waals surface area contributed by atoms with Crippen LogP contribution in [0, 0.1) is 0 Å². The summed E-state index contributed by atoms with van der Waals surface area (Å²) in [5.74, 6) is 0. The Bertz CT molecular complexity index is 297. The van der Waals surface area contributed by atoms with Crippen molar-refractivity contribution in [1.29, 1.82) is 0 Å².